The minimum atomic E-state index is -1.17. The Morgan fingerprint density at radius 3 is 2.60 bits per heavy atom. The van der Waals surface area contributed by atoms with Crippen molar-refractivity contribution < 1.29 is 34.0 Å². The third-order valence-corrected chi connectivity index (χ3v) is 6.29. The van der Waals surface area contributed by atoms with E-state index in [0.29, 0.717) is 17.9 Å². The molecule has 0 spiro atoms. The van der Waals surface area contributed by atoms with Crippen LogP contribution >= 0.6 is 11.8 Å². The highest BCUT2D eigenvalue weighted by Crippen LogP contribution is 2.40. The number of rotatable bonds is 9. The van der Waals surface area contributed by atoms with Crippen molar-refractivity contribution in [2.45, 2.75) is 43.3 Å². The van der Waals surface area contributed by atoms with E-state index in [4.69, 9.17) is 10.8 Å². The molecule has 0 aliphatic carbocycles. The SMILES string of the molecule is N[C@H](CCCC(=O)NC1C(=O)N2C(C(=O)O)=C(C[n+]3ccccc3)CSC12)C(=O)O. The van der Waals surface area contributed by atoms with Crippen LogP contribution in [0.1, 0.15) is 19.3 Å². The predicted octanol–water partition coefficient (Wildman–Crippen LogP) is -0.705. The van der Waals surface area contributed by atoms with E-state index in [2.05, 4.69) is 5.32 Å². The quantitative estimate of drug-likeness (QED) is 0.293. The number of aliphatic carboxylic acids is 2. The van der Waals surface area contributed by atoms with Gasteiger partial charge in [-0.1, -0.05) is 6.07 Å². The average molecular weight is 435 g/mol. The Hall–Kier alpha value is -2.92. The Balaban J connectivity index is 1.62. The molecule has 11 heteroatoms. The van der Waals surface area contributed by atoms with Crippen LogP contribution in [0.15, 0.2) is 41.9 Å². The van der Waals surface area contributed by atoms with Crippen molar-refractivity contribution in [2.75, 3.05) is 5.75 Å². The number of carboxylic acid groups (broad SMARTS) is 2. The van der Waals surface area contributed by atoms with E-state index >= 15 is 0 Å². The van der Waals surface area contributed by atoms with E-state index in [0.717, 1.165) is 0 Å². The maximum absolute atomic E-state index is 12.6. The fourth-order valence-corrected chi connectivity index (χ4v) is 4.75. The zero-order chi connectivity index (χ0) is 21.8. The first-order valence-corrected chi connectivity index (χ1v) is 10.5. The molecular formula is C19H23N4O6S+. The van der Waals surface area contributed by atoms with E-state index in [-0.39, 0.29) is 25.0 Å². The van der Waals surface area contributed by atoms with Crippen LogP contribution < -0.4 is 15.6 Å². The lowest BCUT2D eigenvalue weighted by atomic mass is 10.0. The summed E-state index contributed by atoms with van der Waals surface area (Å²) in [5.74, 6) is -2.73. The summed E-state index contributed by atoms with van der Waals surface area (Å²) >= 11 is 1.41. The number of hydrogen-bond donors (Lipinski definition) is 4. The Bertz CT molecular complexity index is 890. The Morgan fingerprint density at radius 1 is 1.27 bits per heavy atom. The van der Waals surface area contributed by atoms with Gasteiger partial charge < -0.3 is 21.3 Å². The third kappa shape index (κ3) is 4.62. The fraction of sp³-hybridized carbons (Fsp3) is 0.421. The molecule has 2 aliphatic rings. The van der Waals surface area contributed by atoms with Gasteiger partial charge in [-0.05, 0) is 12.8 Å². The minimum Gasteiger partial charge on any atom is -0.480 e. The van der Waals surface area contributed by atoms with Crippen molar-refractivity contribution in [3.63, 3.8) is 0 Å². The molecule has 5 N–H and O–H groups in total. The van der Waals surface area contributed by atoms with E-state index in [9.17, 15) is 24.3 Å². The largest absolute Gasteiger partial charge is 0.480 e. The highest BCUT2D eigenvalue weighted by atomic mass is 32.2. The smallest absolute Gasteiger partial charge is 0.352 e. The van der Waals surface area contributed by atoms with Crippen LogP contribution in [0.5, 0.6) is 0 Å². The topological polar surface area (TPSA) is 154 Å². The summed E-state index contributed by atoms with van der Waals surface area (Å²) in [6.07, 6.45) is 4.11. The molecule has 0 radical (unpaired) electrons. The van der Waals surface area contributed by atoms with Gasteiger partial charge in [0.15, 0.2) is 18.9 Å². The number of fused-ring (bicyclic) bond motifs is 1. The first kappa shape index (κ1) is 21.8. The van der Waals surface area contributed by atoms with Gasteiger partial charge in [-0.3, -0.25) is 19.3 Å². The van der Waals surface area contributed by atoms with Crippen molar-refractivity contribution in [1.82, 2.24) is 10.2 Å². The van der Waals surface area contributed by atoms with Gasteiger partial charge in [-0.2, -0.15) is 0 Å². The summed E-state index contributed by atoms with van der Waals surface area (Å²) in [4.78, 5) is 48.5. The molecule has 30 heavy (non-hydrogen) atoms. The molecule has 1 aromatic heterocycles. The number of pyridine rings is 1. The van der Waals surface area contributed by atoms with Crippen LogP contribution in [0.4, 0.5) is 0 Å². The van der Waals surface area contributed by atoms with Gasteiger partial charge in [0.2, 0.25) is 5.91 Å². The van der Waals surface area contributed by atoms with Gasteiger partial charge >= 0.3 is 11.9 Å². The maximum atomic E-state index is 12.6. The molecule has 3 heterocycles. The predicted molar refractivity (Wildman–Crippen MR) is 106 cm³/mol. The normalized spacial score (nSPS) is 21.5. The van der Waals surface area contributed by atoms with Gasteiger partial charge in [0.1, 0.15) is 23.2 Å². The van der Waals surface area contributed by atoms with Gasteiger partial charge in [-0.25, -0.2) is 9.36 Å². The number of nitrogens with zero attached hydrogens (tertiary/aromatic N) is 2. The zero-order valence-electron chi connectivity index (χ0n) is 16.1. The molecule has 1 aromatic rings. The molecule has 0 aromatic carbocycles. The standard InChI is InChI=1S/C19H22N4O6S/c20-12(18(26)27)5-4-6-13(24)21-14-16(25)23-15(19(28)29)11(10-30-17(14)23)9-22-7-2-1-3-8-22/h1-3,7-8,12,14,17H,4-6,9-10,20H2,(H2-,21,24,26,27,28,29)/p+1/t12-,14?,17?/m1/s1. The third-order valence-electron chi connectivity index (χ3n) is 4.95. The molecule has 1 saturated heterocycles. The van der Waals surface area contributed by atoms with Gasteiger partial charge in [0.25, 0.3) is 5.91 Å². The molecule has 0 saturated carbocycles. The second-order valence-electron chi connectivity index (χ2n) is 7.10. The summed E-state index contributed by atoms with van der Waals surface area (Å²) in [6, 6.07) is 3.70. The monoisotopic (exact) mass is 435 g/mol. The molecule has 2 unspecified atom stereocenters. The summed E-state index contributed by atoms with van der Waals surface area (Å²) in [7, 11) is 0. The van der Waals surface area contributed by atoms with Crippen molar-refractivity contribution in [3.05, 3.63) is 41.9 Å². The molecule has 10 nitrogen and oxygen atoms in total. The number of β-lactam (4-membered cyclic amide) rings is 1. The lowest BCUT2D eigenvalue weighted by Crippen LogP contribution is -2.70. The Kier molecular flexibility index (Phi) is 6.73. The molecule has 2 amide bonds. The van der Waals surface area contributed by atoms with Crippen LogP contribution in [0.3, 0.4) is 0 Å². The molecule has 3 atom stereocenters. The van der Waals surface area contributed by atoms with Crippen molar-refractivity contribution in [3.8, 4) is 0 Å². The van der Waals surface area contributed by atoms with Crippen LogP contribution in [0, 0.1) is 0 Å². The van der Waals surface area contributed by atoms with Crippen molar-refractivity contribution in [1.29, 1.82) is 0 Å². The summed E-state index contributed by atoms with van der Waals surface area (Å²) in [5.41, 5.74) is 6.00. The number of thioether (sulfide) groups is 1. The number of nitrogens with one attached hydrogen (secondary N) is 1. The van der Waals surface area contributed by atoms with Crippen LogP contribution in [-0.2, 0) is 25.7 Å². The number of amides is 2. The fourth-order valence-electron chi connectivity index (χ4n) is 3.42. The number of carbonyl (C=O) groups excluding carboxylic acids is 2. The van der Waals surface area contributed by atoms with Crippen molar-refractivity contribution >= 4 is 35.5 Å². The molecule has 0 bridgehead atoms. The van der Waals surface area contributed by atoms with E-state index in [1.807, 2.05) is 35.2 Å². The maximum Gasteiger partial charge on any atom is 0.352 e. The molecule has 3 rings (SSSR count). The molecule has 2 aliphatic heterocycles. The van der Waals surface area contributed by atoms with Gasteiger partial charge in [-0.15, -0.1) is 11.8 Å². The van der Waals surface area contributed by atoms with Crippen molar-refractivity contribution in [2.24, 2.45) is 5.73 Å². The van der Waals surface area contributed by atoms with Crippen LogP contribution in [0.25, 0.3) is 0 Å². The lowest BCUT2D eigenvalue weighted by Gasteiger charge is -2.49. The summed E-state index contributed by atoms with van der Waals surface area (Å²) in [6.45, 7) is 0.354. The Morgan fingerprint density at radius 2 is 1.97 bits per heavy atom. The van der Waals surface area contributed by atoms with Gasteiger partial charge in [0.05, 0.1) is 0 Å². The highest BCUT2D eigenvalue weighted by molar-refractivity contribution is 8.00. The second-order valence-corrected chi connectivity index (χ2v) is 8.20. The minimum absolute atomic E-state index is 0.0296. The summed E-state index contributed by atoms with van der Waals surface area (Å²) in [5, 5.41) is 20.6. The number of carboxylic acids is 2. The number of hydrogen-bond acceptors (Lipinski definition) is 6. The Labute approximate surface area is 176 Å². The zero-order valence-corrected chi connectivity index (χ0v) is 16.9. The summed E-state index contributed by atoms with van der Waals surface area (Å²) < 4.78 is 1.84. The number of carbonyl (C=O) groups is 4. The lowest BCUT2D eigenvalue weighted by molar-refractivity contribution is -0.689. The number of aromatic nitrogens is 1. The average Bonchev–Trinajstić information content (AvgIpc) is 2.72. The molecule has 1 fully saturated rings. The molecular weight excluding hydrogens is 412 g/mol. The van der Waals surface area contributed by atoms with Crippen LogP contribution in [0.2, 0.25) is 0 Å². The number of nitrogens with two attached hydrogens (primary N) is 1. The first-order valence-electron chi connectivity index (χ1n) is 9.41. The molecule has 160 valence electrons. The van der Waals surface area contributed by atoms with E-state index in [1.54, 1.807) is 0 Å². The second kappa shape index (κ2) is 9.26. The van der Waals surface area contributed by atoms with E-state index in [1.165, 1.54) is 16.7 Å². The highest BCUT2D eigenvalue weighted by Gasteiger charge is 2.54. The van der Waals surface area contributed by atoms with Gasteiger partial charge in [0, 0.05) is 29.9 Å². The van der Waals surface area contributed by atoms with Crippen LogP contribution in [-0.4, -0.2) is 62.1 Å². The van der Waals surface area contributed by atoms with E-state index < -0.39 is 41.2 Å². The first-order chi connectivity index (χ1) is 14.3.